The molecule has 0 radical (unpaired) electrons. The van der Waals surface area contributed by atoms with Gasteiger partial charge in [0.1, 0.15) is 0 Å². The van der Waals surface area contributed by atoms with Crippen LogP contribution in [-0.4, -0.2) is 21.2 Å². The van der Waals surface area contributed by atoms with Crippen LogP contribution in [0.15, 0.2) is 0 Å². The van der Waals surface area contributed by atoms with Crippen LogP contribution in [-0.2, 0) is 4.79 Å². The summed E-state index contributed by atoms with van der Waals surface area (Å²) in [6, 6.07) is 0. The predicted molar refractivity (Wildman–Crippen MR) is 33.7 cm³/mol. The third kappa shape index (κ3) is 0.830. The van der Waals surface area contributed by atoms with Crippen LogP contribution in [0.4, 0.5) is 4.79 Å². The number of rotatable bonds is 0. The lowest BCUT2D eigenvalue weighted by Gasteiger charge is -1.97. The van der Waals surface area contributed by atoms with E-state index in [1.54, 1.807) is 0 Å². The normalized spacial score (nSPS) is 20.4. The highest BCUT2D eigenvalue weighted by atomic mass is 32.2. The topological polar surface area (TPSA) is 37.4 Å². The van der Waals surface area contributed by atoms with Gasteiger partial charge >= 0.3 is 0 Å². The summed E-state index contributed by atoms with van der Waals surface area (Å²) in [5.41, 5.74) is 0. The molecule has 0 saturated carbocycles. The van der Waals surface area contributed by atoms with Crippen LogP contribution in [0, 0.1) is 0 Å². The van der Waals surface area contributed by atoms with Gasteiger partial charge in [0.25, 0.3) is 5.24 Å². The van der Waals surface area contributed by atoms with Crippen molar-refractivity contribution in [1.82, 2.24) is 4.31 Å². The number of hydrogen-bond acceptors (Lipinski definition) is 4. The van der Waals surface area contributed by atoms with Gasteiger partial charge in [-0.25, -0.2) is 4.31 Å². The first-order chi connectivity index (χ1) is 3.72. The predicted octanol–water partition coefficient (Wildman–Crippen LogP) is 0.527. The number of amides is 2. The number of nitrogens with zero attached hydrogens (tertiary/aromatic N) is 1. The van der Waals surface area contributed by atoms with Crippen molar-refractivity contribution in [2.24, 2.45) is 0 Å². The van der Waals surface area contributed by atoms with Gasteiger partial charge in [0.2, 0.25) is 5.91 Å². The Morgan fingerprint density at radius 2 is 2.25 bits per heavy atom. The van der Waals surface area contributed by atoms with E-state index in [0.717, 1.165) is 16.1 Å². The molecular formula is C3H3NO2S2. The summed E-state index contributed by atoms with van der Waals surface area (Å²) < 4.78 is 0.824. The second kappa shape index (κ2) is 1.99. The van der Waals surface area contributed by atoms with E-state index in [1.165, 1.54) is 0 Å². The minimum atomic E-state index is -0.279. The van der Waals surface area contributed by atoms with E-state index in [9.17, 15) is 9.59 Å². The molecule has 0 aromatic heterocycles. The Kier molecular flexibility index (Phi) is 1.48. The zero-order valence-electron chi connectivity index (χ0n) is 3.83. The Bertz CT molecular complexity index is 130. The van der Waals surface area contributed by atoms with Crippen molar-refractivity contribution in [3.63, 3.8) is 0 Å². The molecular weight excluding hydrogens is 146 g/mol. The Hall–Kier alpha value is -0.160. The molecule has 0 atom stereocenters. The molecule has 1 rings (SSSR count). The highest BCUT2D eigenvalue weighted by Gasteiger charge is 2.26. The summed E-state index contributed by atoms with van der Waals surface area (Å²) in [7, 11) is 0. The molecule has 3 nitrogen and oxygen atoms in total. The van der Waals surface area contributed by atoms with Gasteiger partial charge in [-0.3, -0.25) is 9.59 Å². The van der Waals surface area contributed by atoms with Crippen LogP contribution >= 0.6 is 24.6 Å². The summed E-state index contributed by atoms with van der Waals surface area (Å²) in [6.07, 6.45) is 0. The molecule has 8 heavy (non-hydrogen) atoms. The quantitative estimate of drug-likeness (QED) is 0.510. The van der Waals surface area contributed by atoms with Crippen LogP contribution < -0.4 is 0 Å². The van der Waals surface area contributed by atoms with Crippen molar-refractivity contribution in [3.05, 3.63) is 0 Å². The summed E-state index contributed by atoms with van der Waals surface area (Å²) in [4.78, 5) is 20.8. The van der Waals surface area contributed by atoms with Gasteiger partial charge in [0.15, 0.2) is 0 Å². The average molecular weight is 149 g/mol. The fourth-order valence-corrected chi connectivity index (χ4v) is 1.29. The van der Waals surface area contributed by atoms with Crippen molar-refractivity contribution in [1.29, 1.82) is 0 Å². The zero-order chi connectivity index (χ0) is 6.15. The number of thiol groups is 1. The average Bonchev–Trinajstić information content (AvgIpc) is 1.98. The third-order valence-electron chi connectivity index (χ3n) is 0.728. The van der Waals surface area contributed by atoms with E-state index in [1.807, 2.05) is 0 Å². The maximum absolute atomic E-state index is 10.4. The lowest BCUT2D eigenvalue weighted by Crippen LogP contribution is -2.16. The van der Waals surface area contributed by atoms with Crippen LogP contribution in [0.5, 0.6) is 0 Å². The Balaban J connectivity index is 2.70. The first kappa shape index (κ1) is 5.97. The molecule has 0 bridgehead atoms. The van der Waals surface area contributed by atoms with E-state index in [-0.39, 0.29) is 16.9 Å². The highest BCUT2D eigenvalue weighted by Crippen LogP contribution is 2.19. The van der Waals surface area contributed by atoms with Gasteiger partial charge in [-0.1, -0.05) is 24.6 Å². The van der Waals surface area contributed by atoms with Crippen LogP contribution in [0.2, 0.25) is 0 Å². The minimum absolute atomic E-state index is 0.233. The summed E-state index contributed by atoms with van der Waals surface area (Å²) in [5.74, 6) is 0.00540. The number of thioether (sulfide) groups is 1. The molecule has 0 spiro atoms. The van der Waals surface area contributed by atoms with Crippen molar-refractivity contribution in [3.8, 4) is 0 Å². The van der Waals surface area contributed by atoms with Crippen LogP contribution in [0.3, 0.4) is 0 Å². The van der Waals surface area contributed by atoms with Gasteiger partial charge in [-0.15, -0.1) is 0 Å². The lowest BCUT2D eigenvalue weighted by atomic mass is 10.7. The molecule has 0 aliphatic carbocycles. The van der Waals surface area contributed by atoms with Gasteiger partial charge in [0.05, 0.1) is 5.75 Å². The molecule has 0 unspecified atom stereocenters. The zero-order valence-corrected chi connectivity index (χ0v) is 5.54. The summed E-state index contributed by atoms with van der Waals surface area (Å²) in [6.45, 7) is 0. The van der Waals surface area contributed by atoms with Crippen molar-refractivity contribution in [2.75, 3.05) is 5.75 Å². The number of hydrogen-bond donors (Lipinski definition) is 1. The van der Waals surface area contributed by atoms with Crippen LogP contribution in [0.1, 0.15) is 0 Å². The second-order valence-corrected chi connectivity index (χ2v) is 2.59. The lowest BCUT2D eigenvalue weighted by molar-refractivity contribution is -0.120. The second-order valence-electron chi connectivity index (χ2n) is 1.26. The molecule has 2 amide bonds. The van der Waals surface area contributed by atoms with Crippen molar-refractivity contribution < 1.29 is 9.59 Å². The number of carbonyl (C=O) groups excluding carboxylic acids is 2. The number of carbonyl (C=O) groups is 2. The van der Waals surface area contributed by atoms with Crippen molar-refractivity contribution in [2.45, 2.75) is 0 Å². The molecule has 1 heterocycles. The van der Waals surface area contributed by atoms with Gasteiger partial charge in [0, 0.05) is 0 Å². The Morgan fingerprint density at radius 3 is 2.38 bits per heavy atom. The van der Waals surface area contributed by atoms with Gasteiger partial charge < -0.3 is 0 Å². The van der Waals surface area contributed by atoms with Gasteiger partial charge in [-0.05, 0) is 0 Å². The molecule has 0 N–H and O–H groups in total. The molecule has 1 aliphatic rings. The SMILES string of the molecule is O=C1CSC(=O)N1S. The standard InChI is InChI=1S/C3H3NO2S2/c5-2-1-8-3(6)4(2)7/h7H,1H2. The van der Waals surface area contributed by atoms with E-state index in [2.05, 4.69) is 12.8 Å². The van der Waals surface area contributed by atoms with Crippen molar-refractivity contribution >= 4 is 35.7 Å². The summed E-state index contributed by atoms with van der Waals surface area (Å²) >= 11 is 4.57. The molecule has 5 heteroatoms. The third-order valence-corrected chi connectivity index (χ3v) is 2.09. The fraction of sp³-hybridized carbons (Fsp3) is 0.333. The molecule has 1 fully saturated rings. The van der Waals surface area contributed by atoms with Gasteiger partial charge in [-0.2, -0.15) is 0 Å². The van der Waals surface area contributed by atoms with E-state index in [0.29, 0.717) is 0 Å². The van der Waals surface area contributed by atoms with E-state index in [4.69, 9.17) is 0 Å². The Labute approximate surface area is 56.0 Å². The molecule has 1 aliphatic heterocycles. The molecule has 1 saturated heterocycles. The van der Waals surface area contributed by atoms with Crippen LogP contribution in [0.25, 0.3) is 0 Å². The number of imide groups is 1. The smallest absolute Gasteiger partial charge is 0.272 e. The first-order valence-corrected chi connectivity index (χ1v) is 3.29. The van der Waals surface area contributed by atoms with E-state index < -0.39 is 0 Å². The molecule has 0 aromatic rings. The summed E-state index contributed by atoms with van der Waals surface area (Å²) in [5, 5.41) is -0.279. The minimum Gasteiger partial charge on any atom is -0.272 e. The maximum atomic E-state index is 10.4. The highest BCUT2D eigenvalue weighted by molar-refractivity contribution is 8.15. The maximum Gasteiger partial charge on any atom is 0.298 e. The molecule has 0 aromatic carbocycles. The fourth-order valence-electron chi connectivity index (χ4n) is 0.348. The first-order valence-electron chi connectivity index (χ1n) is 1.90. The Morgan fingerprint density at radius 1 is 1.62 bits per heavy atom. The van der Waals surface area contributed by atoms with E-state index >= 15 is 0 Å². The molecule has 44 valence electrons. The largest absolute Gasteiger partial charge is 0.298 e. The monoisotopic (exact) mass is 149 g/mol.